The molecule has 6 heteroatoms. The first kappa shape index (κ1) is 15.9. The maximum Gasteiger partial charge on any atom is 0.277 e. The predicted molar refractivity (Wildman–Crippen MR) is 82.4 cm³/mol. The van der Waals surface area contributed by atoms with E-state index in [0.29, 0.717) is 18.1 Å². The summed E-state index contributed by atoms with van der Waals surface area (Å²) in [6.45, 7) is 1.99. The largest absolute Gasteiger partial charge is 0.497 e. The van der Waals surface area contributed by atoms with Gasteiger partial charge in [0.1, 0.15) is 5.75 Å². The third kappa shape index (κ3) is 3.40. The molecule has 1 aromatic carbocycles. The summed E-state index contributed by atoms with van der Waals surface area (Å²) in [6, 6.07) is 8.81. The third-order valence-corrected chi connectivity index (χ3v) is 3.23. The van der Waals surface area contributed by atoms with Crippen LogP contribution in [0.25, 0.3) is 11.3 Å². The Bertz CT molecular complexity index is 737. The van der Waals surface area contributed by atoms with Crippen molar-refractivity contribution in [1.29, 1.82) is 0 Å². The van der Waals surface area contributed by atoms with Crippen molar-refractivity contribution < 1.29 is 14.3 Å². The van der Waals surface area contributed by atoms with E-state index in [1.54, 1.807) is 20.3 Å². The van der Waals surface area contributed by atoms with E-state index in [2.05, 4.69) is 5.10 Å². The molecule has 2 aromatic rings. The monoisotopic (exact) mass is 302 g/mol. The molecule has 0 saturated carbocycles. The van der Waals surface area contributed by atoms with Crippen LogP contribution >= 0.6 is 0 Å². The van der Waals surface area contributed by atoms with Crippen LogP contribution in [0.4, 0.5) is 0 Å². The summed E-state index contributed by atoms with van der Waals surface area (Å²) in [5.41, 5.74) is 1.02. The second kappa shape index (κ2) is 7.00. The molecule has 0 saturated heterocycles. The minimum atomic E-state index is -0.406. The van der Waals surface area contributed by atoms with Crippen LogP contribution in [0.5, 0.6) is 5.75 Å². The summed E-state index contributed by atoms with van der Waals surface area (Å²) in [5, 5.41) is 4.31. The highest BCUT2D eigenvalue weighted by Crippen LogP contribution is 2.22. The molecule has 0 amide bonds. The van der Waals surface area contributed by atoms with Gasteiger partial charge in [-0.1, -0.05) is 12.1 Å². The van der Waals surface area contributed by atoms with Crippen LogP contribution in [-0.2, 0) is 11.3 Å². The molecule has 0 aliphatic carbocycles. The van der Waals surface area contributed by atoms with Crippen LogP contribution < -0.4 is 10.3 Å². The predicted octanol–water partition coefficient (Wildman–Crippen LogP) is 1.77. The number of ether oxygens (including phenoxy) is 2. The van der Waals surface area contributed by atoms with E-state index in [0.717, 1.165) is 5.56 Å². The van der Waals surface area contributed by atoms with Gasteiger partial charge >= 0.3 is 0 Å². The van der Waals surface area contributed by atoms with Crippen LogP contribution in [0.3, 0.4) is 0 Å². The lowest BCUT2D eigenvalue weighted by Crippen LogP contribution is -2.29. The fourth-order valence-corrected chi connectivity index (χ4v) is 2.05. The van der Waals surface area contributed by atoms with E-state index in [1.165, 1.54) is 17.7 Å². The fraction of sp³-hybridized carbons (Fsp3) is 0.312. The van der Waals surface area contributed by atoms with Gasteiger partial charge in [-0.2, -0.15) is 5.10 Å². The summed E-state index contributed by atoms with van der Waals surface area (Å²) in [4.78, 5) is 23.9. The Balaban J connectivity index is 2.57. The van der Waals surface area contributed by atoms with Crippen LogP contribution in [0.1, 0.15) is 17.3 Å². The van der Waals surface area contributed by atoms with E-state index in [4.69, 9.17) is 9.47 Å². The Labute approximate surface area is 128 Å². The van der Waals surface area contributed by atoms with E-state index in [1.807, 2.05) is 18.2 Å². The van der Waals surface area contributed by atoms with Gasteiger partial charge in [0.2, 0.25) is 0 Å². The lowest BCUT2D eigenvalue weighted by molar-refractivity contribution is 0.101. The molecule has 22 heavy (non-hydrogen) atoms. The van der Waals surface area contributed by atoms with Crippen molar-refractivity contribution in [3.8, 4) is 17.0 Å². The van der Waals surface area contributed by atoms with Crippen molar-refractivity contribution in [3.63, 3.8) is 0 Å². The molecule has 1 aromatic heterocycles. The van der Waals surface area contributed by atoms with E-state index in [-0.39, 0.29) is 17.9 Å². The van der Waals surface area contributed by atoms with Gasteiger partial charge in [-0.25, -0.2) is 4.68 Å². The van der Waals surface area contributed by atoms with Crippen LogP contribution in [0.2, 0.25) is 0 Å². The fourth-order valence-electron chi connectivity index (χ4n) is 2.05. The van der Waals surface area contributed by atoms with Crippen molar-refractivity contribution in [1.82, 2.24) is 9.78 Å². The molecule has 0 radical (unpaired) electrons. The number of hydrogen-bond donors (Lipinski definition) is 0. The molecule has 2 rings (SSSR count). The maximum atomic E-state index is 12.2. The second-order valence-electron chi connectivity index (χ2n) is 4.75. The summed E-state index contributed by atoms with van der Waals surface area (Å²) in [5.74, 6) is 0.390. The number of methoxy groups -OCH3 is 2. The van der Waals surface area contributed by atoms with Gasteiger partial charge in [-0.15, -0.1) is 0 Å². The molecule has 0 atom stereocenters. The molecule has 0 fully saturated rings. The number of benzene rings is 1. The first-order valence-electron chi connectivity index (χ1n) is 6.83. The summed E-state index contributed by atoms with van der Waals surface area (Å²) in [7, 11) is 3.12. The number of nitrogens with zero attached hydrogens (tertiary/aromatic N) is 2. The van der Waals surface area contributed by atoms with Gasteiger partial charge in [0, 0.05) is 12.7 Å². The van der Waals surface area contributed by atoms with Gasteiger partial charge in [-0.05, 0) is 25.1 Å². The van der Waals surface area contributed by atoms with Gasteiger partial charge in [0.25, 0.3) is 5.56 Å². The molecule has 6 nitrogen and oxygen atoms in total. The lowest BCUT2D eigenvalue weighted by atomic mass is 10.1. The van der Waals surface area contributed by atoms with E-state index < -0.39 is 5.56 Å². The SMILES string of the molecule is COCCn1nc(-c2cccc(OC)c2)cc(C(C)=O)c1=O. The number of hydrogen-bond acceptors (Lipinski definition) is 5. The van der Waals surface area contributed by atoms with Crippen molar-refractivity contribution in [2.24, 2.45) is 0 Å². The molecule has 0 aliphatic heterocycles. The highest BCUT2D eigenvalue weighted by atomic mass is 16.5. The zero-order valence-electron chi connectivity index (χ0n) is 12.8. The molecular weight excluding hydrogens is 284 g/mol. The molecule has 0 bridgehead atoms. The Kier molecular flexibility index (Phi) is 5.06. The Morgan fingerprint density at radius 3 is 2.68 bits per heavy atom. The Hall–Kier alpha value is -2.47. The highest BCUT2D eigenvalue weighted by Gasteiger charge is 2.13. The molecule has 0 N–H and O–H groups in total. The summed E-state index contributed by atoms with van der Waals surface area (Å²) >= 11 is 0. The number of Topliss-reactive ketones (excluding diaryl/α,β-unsaturated/α-hetero) is 1. The molecular formula is C16H18N2O4. The zero-order chi connectivity index (χ0) is 16.1. The average molecular weight is 302 g/mol. The second-order valence-corrected chi connectivity index (χ2v) is 4.75. The Morgan fingerprint density at radius 1 is 1.27 bits per heavy atom. The number of carbonyl (C=O) groups excluding carboxylic acids is 1. The van der Waals surface area contributed by atoms with Crippen molar-refractivity contribution >= 4 is 5.78 Å². The molecule has 0 aliphatic rings. The smallest absolute Gasteiger partial charge is 0.277 e. The zero-order valence-corrected chi connectivity index (χ0v) is 12.8. The lowest BCUT2D eigenvalue weighted by Gasteiger charge is -2.10. The molecule has 0 spiro atoms. The van der Waals surface area contributed by atoms with Gasteiger partial charge in [0.05, 0.1) is 31.5 Å². The number of carbonyl (C=O) groups is 1. The van der Waals surface area contributed by atoms with Crippen molar-refractivity contribution in [2.45, 2.75) is 13.5 Å². The minimum Gasteiger partial charge on any atom is -0.497 e. The first-order chi connectivity index (χ1) is 10.6. The number of ketones is 1. The van der Waals surface area contributed by atoms with Gasteiger partial charge in [0.15, 0.2) is 5.78 Å². The topological polar surface area (TPSA) is 70.4 Å². The standard InChI is InChI=1S/C16H18N2O4/c1-11(19)14-10-15(12-5-4-6-13(9-12)22-3)17-18(16(14)20)7-8-21-2/h4-6,9-10H,7-8H2,1-3H3. The summed E-state index contributed by atoms with van der Waals surface area (Å²) in [6.07, 6.45) is 0. The highest BCUT2D eigenvalue weighted by molar-refractivity contribution is 5.94. The molecule has 0 unspecified atom stereocenters. The first-order valence-corrected chi connectivity index (χ1v) is 6.83. The quantitative estimate of drug-likeness (QED) is 0.761. The Morgan fingerprint density at radius 2 is 2.05 bits per heavy atom. The average Bonchev–Trinajstić information content (AvgIpc) is 2.53. The van der Waals surface area contributed by atoms with Crippen LogP contribution in [-0.4, -0.2) is 36.4 Å². The number of aromatic nitrogens is 2. The maximum absolute atomic E-state index is 12.2. The van der Waals surface area contributed by atoms with Crippen molar-refractivity contribution in [2.75, 3.05) is 20.8 Å². The van der Waals surface area contributed by atoms with Gasteiger partial charge in [-0.3, -0.25) is 9.59 Å². The van der Waals surface area contributed by atoms with Gasteiger partial charge < -0.3 is 9.47 Å². The molecule has 1 heterocycles. The normalized spacial score (nSPS) is 10.5. The minimum absolute atomic E-state index is 0.115. The van der Waals surface area contributed by atoms with Crippen LogP contribution in [0.15, 0.2) is 35.1 Å². The molecule has 116 valence electrons. The van der Waals surface area contributed by atoms with Crippen LogP contribution in [0, 0.1) is 0 Å². The third-order valence-electron chi connectivity index (χ3n) is 3.23. The number of rotatable bonds is 6. The van der Waals surface area contributed by atoms with Crippen molar-refractivity contribution in [3.05, 3.63) is 46.2 Å². The van der Waals surface area contributed by atoms with E-state index >= 15 is 0 Å². The summed E-state index contributed by atoms with van der Waals surface area (Å²) < 4.78 is 11.4. The van der Waals surface area contributed by atoms with E-state index in [9.17, 15) is 9.59 Å².